The maximum Gasteiger partial charge on any atom is 1.00 e. The van der Waals surface area contributed by atoms with Gasteiger partial charge in [0, 0.05) is 11.2 Å². The summed E-state index contributed by atoms with van der Waals surface area (Å²) in [6.07, 6.45) is 0. The third-order valence-electron chi connectivity index (χ3n) is 1.32. The van der Waals surface area contributed by atoms with Crippen molar-refractivity contribution in [3.63, 3.8) is 0 Å². The van der Waals surface area contributed by atoms with Crippen LogP contribution in [0, 0.1) is 6.92 Å². The summed E-state index contributed by atoms with van der Waals surface area (Å²) in [5, 5.41) is 0. The molecule has 0 fully saturated rings. The summed E-state index contributed by atoms with van der Waals surface area (Å²) in [4.78, 5) is 0.304. The molecule has 2 nitrogen and oxygen atoms in total. The van der Waals surface area contributed by atoms with Crippen LogP contribution < -0.4 is 51.4 Å². The summed E-state index contributed by atoms with van der Waals surface area (Å²) in [6, 6.07) is 6.67. The van der Waals surface area contributed by atoms with E-state index in [0.29, 0.717) is 4.90 Å². The van der Waals surface area contributed by atoms with Crippen LogP contribution in [-0.4, -0.2) is 8.76 Å². The molecular formula is C7H8KO2S2+. The van der Waals surface area contributed by atoms with Crippen molar-refractivity contribution in [2.75, 3.05) is 0 Å². The number of benzene rings is 1. The van der Waals surface area contributed by atoms with Gasteiger partial charge in [0.15, 0.2) is 8.77 Å². The van der Waals surface area contributed by atoms with E-state index in [1.165, 1.54) is 0 Å². The Hall–Kier alpha value is 1.19. The van der Waals surface area contributed by atoms with E-state index < -0.39 is 8.77 Å². The summed E-state index contributed by atoms with van der Waals surface area (Å²) in [7, 11) is -3.19. The van der Waals surface area contributed by atoms with Crippen molar-refractivity contribution in [1.29, 1.82) is 0 Å². The van der Waals surface area contributed by atoms with Gasteiger partial charge in [-0.3, -0.25) is 0 Å². The molecule has 0 radical (unpaired) electrons. The van der Waals surface area contributed by atoms with Crippen LogP contribution in [0.15, 0.2) is 29.2 Å². The van der Waals surface area contributed by atoms with Gasteiger partial charge in [-0.1, -0.05) is 17.7 Å². The standard InChI is InChI=1S/C7H8O2S2.K/c1-6-2-4-7(5-3-6)11(8,9)10;/h2-5H,1H3,(H,8,9,10);/q;+1. The Bertz CT molecular complexity index is 342. The molecule has 1 aromatic rings. The van der Waals surface area contributed by atoms with Crippen molar-refractivity contribution in [2.45, 2.75) is 11.8 Å². The molecule has 1 atom stereocenters. The zero-order valence-electron chi connectivity index (χ0n) is 6.98. The summed E-state index contributed by atoms with van der Waals surface area (Å²) >= 11 is 4.38. The zero-order valence-corrected chi connectivity index (χ0v) is 11.7. The van der Waals surface area contributed by atoms with Crippen LogP contribution in [0.4, 0.5) is 0 Å². The van der Waals surface area contributed by atoms with E-state index >= 15 is 0 Å². The first-order chi connectivity index (χ1) is 5.00. The molecule has 0 spiro atoms. The Morgan fingerprint density at radius 3 is 2.08 bits per heavy atom. The second-order valence-corrected chi connectivity index (χ2v) is 5.07. The second-order valence-electron chi connectivity index (χ2n) is 2.29. The average Bonchev–Trinajstić information content (AvgIpc) is 1.86. The molecule has 60 valence electrons. The van der Waals surface area contributed by atoms with Crippen LogP contribution in [0.1, 0.15) is 5.56 Å². The molecule has 5 heteroatoms. The van der Waals surface area contributed by atoms with Gasteiger partial charge in [-0.25, -0.2) is 4.21 Å². The molecule has 1 aromatic carbocycles. The molecule has 12 heavy (non-hydrogen) atoms. The molecule has 0 aromatic heterocycles. The quantitative estimate of drug-likeness (QED) is 0.598. The molecule has 0 aliphatic heterocycles. The molecule has 0 saturated heterocycles. The fourth-order valence-corrected chi connectivity index (χ4v) is 1.52. The van der Waals surface area contributed by atoms with Gasteiger partial charge in [-0.05, 0) is 19.1 Å². The monoisotopic (exact) mass is 227 g/mol. The molecule has 0 bridgehead atoms. The molecular weight excluding hydrogens is 219 g/mol. The SMILES string of the molecule is Cc1ccc(S(=O)(O)=S)cc1.[K+]. The summed E-state index contributed by atoms with van der Waals surface area (Å²) in [5.74, 6) is 0. The summed E-state index contributed by atoms with van der Waals surface area (Å²) in [5.41, 5.74) is 1.05. The number of hydrogen-bond donors (Lipinski definition) is 1. The van der Waals surface area contributed by atoms with Gasteiger partial charge >= 0.3 is 51.4 Å². The topological polar surface area (TPSA) is 37.3 Å². The van der Waals surface area contributed by atoms with E-state index in [9.17, 15) is 4.21 Å². The van der Waals surface area contributed by atoms with E-state index in [2.05, 4.69) is 11.2 Å². The van der Waals surface area contributed by atoms with Gasteiger partial charge in [-0.2, -0.15) is 0 Å². The minimum Gasteiger partial charge on any atom is -0.302 e. The van der Waals surface area contributed by atoms with Gasteiger partial charge in [0.05, 0.1) is 4.90 Å². The van der Waals surface area contributed by atoms with Crippen molar-refractivity contribution >= 4 is 20.0 Å². The maximum absolute atomic E-state index is 10.9. The zero-order chi connectivity index (χ0) is 8.48. The summed E-state index contributed by atoms with van der Waals surface area (Å²) in [6.45, 7) is 1.91. The first kappa shape index (κ1) is 13.2. The van der Waals surface area contributed by atoms with Gasteiger partial charge in [0.25, 0.3) is 0 Å². The Morgan fingerprint density at radius 2 is 1.75 bits per heavy atom. The van der Waals surface area contributed by atoms with Crippen molar-refractivity contribution in [3.05, 3.63) is 29.8 Å². The number of hydrogen-bond acceptors (Lipinski definition) is 2. The average molecular weight is 227 g/mol. The van der Waals surface area contributed by atoms with E-state index in [4.69, 9.17) is 4.55 Å². The minimum absolute atomic E-state index is 0. The van der Waals surface area contributed by atoms with Crippen molar-refractivity contribution in [2.24, 2.45) is 0 Å². The van der Waals surface area contributed by atoms with Crippen molar-refractivity contribution in [1.82, 2.24) is 0 Å². The van der Waals surface area contributed by atoms with Gasteiger partial charge in [0.2, 0.25) is 0 Å². The third kappa shape index (κ3) is 3.93. The largest absolute Gasteiger partial charge is 1.00 e. The Kier molecular flexibility index (Phi) is 5.67. The predicted octanol–water partition coefficient (Wildman–Crippen LogP) is -1.42. The summed E-state index contributed by atoms with van der Waals surface area (Å²) < 4.78 is 19.8. The van der Waals surface area contributed by atoms with E-state index in [-0.39, 0.29) is 51.4 Å². The van der Waals surface area contributed by atoms with Crippen LogP contribution in [0.25, 0.3) is 0 Å². The number of rotatable bonds is 1. The molecule has 1 rings (SSSR count). The minimum atomic E-state index is -3.19. The van der Waals surface area contributed by atoms with Crippen LogP contribution in [0.5, 0.6) is 0 Å². The normalized spacial score (nSPS) is 14.5. The van der Waals surface area contributed by atoms with Crippen molar-refractivity contribution < 1.29 is 60.1 Å². The fourth-order valence-electron chi connectivity index (χ4n) is 0.710. The van der Waals surface area contributed by atoms with Gasteiger partial charge in [0.1, 0.15) is 0 Å². The number of aryl methyl sites for hydroxylation is 1. The van der Waals surface area contributed by atoms with Crippen LogP contribution in [0.2, 0.25) is 0 Å². The molecule has 1 unspecified atom stereocenters. The van der Waals surface area contributed by atoms with Crippen LogP contribution in [-0.2, 0) is 20.0 Å². The van der Waals surface area contributed by atoms with Crippen molar-refractivity contribution in [3.8, 4) is 0 Å². The Labute approximate surface area is 120 Å². The molecule has 0 aliphatic carbocycles. The Morgan fingerprint density at radius 1 is 1.33 bits per heavy atom. The first-order valence-corrected chi connectivity index (χ1v) is 5.48. The maximum atomic E-state index is 10.9. The van der Waals surface area contributed by atoms with Crippen LogP contribution in [0.3, 0.4) is 0 Å². The van der Waals surface area contributed by atoms with E-state index in [1.807, 2.05) is 6.92 Å². The fraction of sp³-hybridized carbons (Fsp3) is 0.143. The molecule has 1 N–H and O–H groups in total. The molecule has 0 saturated carbocycles. The molecule has 0 heterocycles. The predicted molar refractivity (Wildman–Crippen MR) is 47.6 cm³/mol. The van der Waals surface area contributed by atoms with E-state index in [1.54, 1.807) is 24.3 Å². The molecule has 0 aliphatic rings. The van der Waals surface area contributed by atoms with Gasteiger partial charge in [-0.15, -0.1) is 0 Å². The van der Waals surface area contributed by atoms with Crippen LogP contribution >= 0.6 is 0 Å². The first-order valence-electron chi connectivity index (χ1n) is 3.04. The molecule has 0 amide bonds. The smallest absolute Gasteiger partial charge is 0.302 e. The van der Waals surface area contributed by atoms with E-state index in [0.717, 1.165) is 5.56 Å². The second kappa shape index (κ2) is 5.16. The Balaban J connectivity index is 0.00000121. The third-order valence-corrected chi connectivity index (χ3v) is 2.76. The van der Waals surface area contributed by atoms with Gasteiger partial charge < -0.3 is 4.55 Å².